The van der Waals surface area contributed by atoms with Gasteiger partial charge in [0.1, 0.15) is 6.17 Å². The van der Waals surface area contributed by atoms with Crippen molar-refractivity contribution in [3.05, 3.63) is 35.4 Å². The first-order valence-corrected chi connectivity index (χ1v) is 8.18. The highest BCUT2D eigenvalue weighted by atomic mass is 32.2. The van der Waals surface area contributed by atoms with Gasteiger partial charge in [-0.1, -0.05) is 36.8 Å². The van der Waals surface area contributed by atoms with Crippen molar-refractivity contribution in [1.82, 2.24) is 10.2 Å². The Bertz CT molecular complexity index is 450. The van der Waals surface area contributed by atoms with E-state index >= 15 is 0 Å². The van der Waals surface area contributed by atoms with E-state index in [0.717, 1.165) is 18.7 Å². The van der Waals surface area contributed by atoms with E-state index in [9.17, 15) is 4.79 Å². The van der Waals surface area contributed by atoms with Crippen molar-refractivity contribution in [2.45, 2.75) is 32.5 Å². The monoisotopic (exact) mass is 278 g/mol. The van der Waals surface area contributed by atoms with Crippen molar-refractivity contribution < 1.29 is 4.79 Å². The highest BCUT2D eigenvalue weighted by Crippen LogP contribution is 2.27. The van der Waals surface area contributed by atoms with Crippen LogP contribution in [-0.2, 0) is 4.79 Å². The first-order chi connectivity index (χ1) is 9.17. The maximum atomic E-state index is 12.4. The second kappa shape index (κ2) is 6.44. The van der Waals surface area contributed by atoms with E-state index in [1.54, 1.807) is 11.8 Å². The van der Waals surface area contributed by atoms with Crippen LogP contribution in [0.1, 0.15) is 30.6 Å². The predicted octanol–water partition coefficient (Wildman–Crippen LogP) is 2.57. The normalized spacial score (nSPS) is 23.1. The standard InChI is InChI=1S/C15H22N2OS/c1-4-13-15(18)17(8-9-19-3)14(16-13)12-7-5-6-11(2)10-12/h5-7,10,13-14,16H,4,8-9H2,1-3H3. The summed E-state index contributed by atoms with van der Waals surface area (Å²) in [5.74, 6) is 1.22. The van der Waals surface area contributed by atoms with Gasteiger partial charge in [-0.05, 0) is 25.2 Å². The van der Waals surface area contributed by atoms with Crippen LogP contribution in [0.25, 0.3) is 0 Å². The molecule has 1 saturated heterocycles. The van der Waals surface area contributed by atoms with Crippen LogP contribution >= 0.6 is 11.8 Å². The molecule has 0 radical (unpaired) electrons. The van der Waals surface area contributed by atoms with E-state index in [-0.39, 0.29) is 18.1 Å². The molecule has 4 heteroatoms. The zero-order chi connectivity index (χ0) is 13.8. The lowest BCUT2D eigenvalue weighted by Crippen LogP contribution is -2.32. The summed E-state index contributed by atoms with van der Waals surface area (Å²) in [6.07, 6.45) is 2.95. The van der Waals surface area contributed by atoms with Gasteiger partial charge in [0.15, 0.2) is 0 Å². The van der Waals surface area contributed by atoms with Crippen molar-refractivity contribution >= 4 is 17.7 Å². The fourth-order valence-electron chi connectivity index (χ4n) is 2.52. The van der Waals surface area contributed by atoms with E-state index in [1.807, 2.05) is 4.90 Å². The Kier molecular flexibility index (Phi) is 4.88. The molecule has 1 amide bonds. The summed E-state index contributed by atoms with van der Waals surface area (Å²) in [6, 6.07) is 8.37. The van der Waals surface area contributed by atoms with Crippen LogP contribution in [0, 0.1) is 6.92 Å². The number of carbonyl (C=O) groups is 1. The molecule has 1 aliphatic heterocycles. The molecular weight excluding hydrogens is 256 g/mol. The fraction of sp³-hybridized carbons (Fsp3) is 0.533. The maximum absolute atomic E-state index is 12.4. The molecule has 1 fully saturated rings. The molecule has 0 aromatic heterocycles. The molecule has 19 heavy (non-hydrogen) atoms. The van der Waals surface area contributed by atoms with Crippen molar-refractivity contribution in [1.29, 1.82) is 0 Å². The maximum Gasteiger partial charge on any atom is 0.241 e. The quantitative estimate of drug-likeness (QED) is 0.898. The molecule has 3 nitrogen and oxygen atoms in total. The summed E-state index contributed by atoms with van der Waals surface area (Å²) < 4.78 is 0. The van der Waals surface area contributed by atoms with Crippen LogP contribution in [0.2, 0.25) is 0 Å². The van der Waals surface area contributed by atoms with Gasteiger partial charge in [0.25, 0.3) is 0 Å². The first-order valence-electron chi connectivity index (χ1n) is 6.79. The Balaban J connectivity index is 2.23. The molecular formula is C15H22N2OS. The highest BCUT2D eigenvalue weighted by Gasteiger charge is 2.37. The molecule has 0 bridgehead atoms. The summed E-state index contributed by atoms with van der Waals surface area (Å²) in [5.41, 5.74) is 2.42. The molecule has 0 spiro atoms. The molecule has 104 valence electrons. The SMILES string of the molecule is CCC1NC(c2cccc(C)c2)N(CCSC)C1=O. The predicted molar refractivity (Wildman–Crippen MR) is 81.2 cm³/mol. The van der Waals surface area contributed by atoms with E-state index in [0.29, 0.717) is 0 Å². The Morgan fingerprint density at radius 1 is 1.42 bits per heavy atom. The Morgan fingerprint density at radius 3 is 2.84 bits per heavy atom. The second-order valence-corrected chi connectivity index (χ2v) is 5.95. The van der Waals surface area contributed by atoms with Crippen LogP contribution in [0.5, 0.6) is 0 Å². The van der Waals surface area contributed by atoms with E-state index < -0.39 is 0 Å². The first kappa shape index (κ1) is 14.4. The van der Waals surface area contributed by atoms with E-state index in [4.69, 9.17) is 0 Å². The molecule has 1 aliphatic rings. The minimum atomic E-state index is -0.0348. The van der Waals surface area contributed by atoms with Crippen LogP contribution in [-0.4, -0.2) is 35.4 Å². The van der Waals surface area contributed by atoms with Gasteiger partial charge in [0, 0.05) is 12.3 Å². The molecule has 1 heterocycles. The second-order valence-electron chi connectivity index (χ2n) is 4.97. The average molecular weight is 278 g/mol. The van der Waals surface area contributed by atoms with Crippen molar-refractivity contribution in [2.75, 3.05) is 18.6 Å². The topological polar surface area (TPSA) is 32.3 Å². The number of amides is 1. The number of hydrogen-bond donors (Lipinski definition) is 1. The Morgan fingerprint density at radius 2 is 2.21 bits per heavy atom. The third-order valence-electron chi connectivity index (χ3n) is 3.55. The van der Waals surface area contributed by atoms with Gasteiger partial charge in [-0.25, -0.2) is 0 Å². The number of rotatable bonds is 5. The summed E-state index contributed by atoms with van der Waals surface area (Å²) in [4.78, 5) is 14.4. The molecule has 2 rings (SSSR count). The Hall–Kier alpha value is -1.00. The zero-order valence-electron chi connectivity index (χ0n) is 11.8. The number of aryl methyl sites for hydroxylation is 1. The number of benzene rings is 1. The number of nitrogens with zero attached hydrogens (tertiary/aromatic N) is 1. The summed E-state index contributed by atoms with van der Waals surface area (Å²) in [5, 5.41) is 3.46. The van der Waals surface area contributed by atoms with Gasteiger partial charge < -0.3 is 4.90 Å². The van der Waals surface area contributed by atoms with E-state index in [1.165, 1.54) is 11.1 Å². The molecule has 1 aromatic carbocycles. The average Bonchev–Trinajstić information content (AvgIpc) is 2.73. The van der Waals surface area contributed by atoms with Crippen LogP contribution in [0.15, 0.2) is 24.3 Å². The third-order valence-corrected chi connectivity index (χ3v) is 4.15. The van der Waals surface area contributed by atoms with Gasteiger partial charge in [0.2, 0.25) is 5.91 Å². The summed E-state index contributed by atoms with van der Waals surface area (Å²) >= 11 is 1.78. The minimum absolute atomic E-state index is 0.0319. The summed E-state index contributed by atoms with van der Waals surface area (Å²) in [6.45, 7) is 4.95. The molecule has 2 atom stereocenters. The van der Waals surface area contributed by atoms with Crippen molar-refractivity contribution in [2.24, 2.45) is 0 Å². The number of hydrogen-bond acceptors (Lipinski definition) is 3. The molecule has 1 aromatic rings. The van der Waals surface area contributed by atoms with Crippen LogP contribution in [0.4, 0.5) is 0 Å². The molecule has 0 aliphatic carbocycles. The van der Waals surface area contributed by atoms with Crippen molar-refractivity contribution in [3.8, 4) is 0 Å². The lowest BCUT2D eigenvalue weighted by atomic mass is 10.1. The number of carbonyl (C=O) groups excluding carboxylic acids is 1. The van der Waals surface area contributed by atoms with Gasteiger partial charge in [-0.2, -0.15) is 11.8 Å². The fourth-order valence-corrected chi connectivity index (χ4v) is 2.90. The van der Waals surface area contributed by atoms with Gasteiger partial charge in [-0.15, -0.1) is 0 Å². The lowest BCUT2D eigenvalue weighted by Gasteiger charge is -2.24. The smallest absolute Gasteiger partial charge is 0.241 e. The van der Waals surface area contributed by atoms with Gasteiger partial charge >= 0.3 is 0 Å². The molecule has 2 unspecified atom stereocenters. The van der Waals surface area contributed by atoms with Gasteiger partial charge in [-0.3, -0.25) is 10.1 Å². The number of nitrogens with one attached hydrogen (secondary N) is 1. The zero-order valence-corrected chi connectivity index (χ0v) is 12.7. The van der Waals surface area contributed by atoms with E-state index in [2.05, 4.69) is 49.7 Å². The van der Waals surface area contributed by atoms with Gasteiger partial charge in [0.05, 0.1) is 6.04 Å². The highest BCUT2D eigenvalue weighted by molar-refractivity contribution is 7.98. The lowest BCUT2D eigenvalue weighted by molar-refractivity contribution is -0.129. The Labute approximate surface area is 119 Å². The molecule has 1 N–H and O–H groups in total. The molecule has 0 saturated carbocycles. The van der Waals surface area contributed by atoms with Crippen LogP contribution < -0.4 is 5.32 Å². The van der Waals surface area contributed by atoms with Crippen molar-refractivity contribution in [3.63, 3.8) is 0 Å². The minimum Gasteiger partial charge on any atom is -0.321 e. The summed E-state index contributed by atoms with van der Waals surface area (Å²) in [7, 11) is 0. The number of thioether (sulfide) groups is 1. The largest absolute Gasteiger partial charge is 0.321 e. The van der Waals surface area contributed by atoms with Crippen LogP contribution in [0.3, 0.4) is 0 Å². The third kappa shape index (κ3) is 3.12.